The number of carbonyl (C=O) groups is 1. The first-order valence-electron chi connectivity index (χ1n) is 9.20. The van der Waals surface area contributed by atoms with Gasteiger partial charge in [0.1, 0.15) is 5.75 Å². The zero-order valence-electron chi connectivity index (χ0n) is 15.8. The van der Waals surface area contributed by atoms with E-state index in [-0.39, 0.29) is 5.91 Å². The topological polar surface area (TPSA) is 89.0 Å². The molecule has 0 radical (unpaired) electrons. The zero-order chi connectivity index (χ0) is 20.1. The Balaban J connectivity index is 1.50. The molecule has 0 aliphatic carbocycles. The van der Waals surface area contributed by atoms with Gasteiger partial charge in [0.2, 0.25) is 5.95 Å². The molecule has 2 N–H and O–H groups in total. The van der Waals surface area contributed by atoms with Gasteiger partial charge in [-0.2, -0.15) is 0 Å². The molecule has 0 aliphatic rings. The Morgan fingerprint density at radius 2 is 1.69 bits per heavy atom. The molecule has 0 aliphatic heterocycles. The molecule has 0 fully saturated rings. The van der Waals surface area contributed by atoms with Crippen LogP contribution in [0.4, 0.5) is 17.3 Å². The quantitative estimate of drug-likeness (QED) is 0.511. The fraction of sp³-hybridized carbons (Fsp3) is 0.0909. The standard InChI is InChI=1S/C22H19N5O2/c1-2-29-19-11-4-3-9-17(19)27-22-24-13-16(14-25-22)21(28)26-18-10-5-7-15-8-6-12-23-20(15)18/h3-14H,2H2,1H3,(H,26,28)(H,24,25,27). The molecule has 0 bridgehead atoms. The van der Waals surface area contributed by atoms with Crippen molar-refractivity contribution in [2.24, 2.45) is 0 Å². The Labute approximate surface area is 167 Å². The van der Waals surface area contributed by atoms with Gasteiger partial charge in [-0.05, 0) is 31.2 Å². The Kier molecular flexibility index (Phi) is 5.29. The molecule has 2 heterocycles. The summed E-state index contributed by atoms with van der Waals surface area (Å²) in [6, 6.07) is 17.0. The van der Waals surface area contributed by atoms with E-state index < -0.39 is 0 Å². The average molecular weight is 385 g/mol. The van der Waals surface area contributed by atoms with Crippen LogP contribution in [0.25, 0.3) is 10.9 Å². The molecule has 0 saturated carbocycles. The highest BCUT2D eigenvalue weighted by molar-refractivity contribution is 6.08. The van der Waals surface area contributed by atoms with Crippen LogP contribution in [0.2, 0.25) is 0 Å². The first-order chi connectivity index (χ1) is 14.2. The smallest absolute Gasteiger partial charge is 0.258 e. The first-order valence-corrected chi connectivity index (χ1v) is 9.20. The van der Waals surface area contributed by atoms with Crippen LogP contribution in [0.3, 0.4) is 0 Å². The lowest BCUT2D eigenvalue weighted by atomic mass is 10.2. The fourth-order valence-corrected chi connectivity index (χ4v) is 2.88. The number of ether oxygens (including phenoxy) is 1. The van der Waals surface area contributed by atoms with E-state index in [0.29, 0.717) is 29.6 Å². The number of anilines is 3. The number of hydrogen-bond acceptors (Lipinski definition) is 6. The number of nitrogens with one attached hydrogen (secondary N) is 2. The third-order valence-electron chi connectivity index (χ3n) is 4.23. The van der Waals surface area contributed by atoms with Crippen molar-refractivity contribution in [1.82, 2.24) is 15.0 Å². The van der Waals surface area contributed by atoms with Gasteiger partial charge in [-0.15, -0.1) is 0 Å². The molecule has 1 amide bonds. The number of benzene rings is 2. The highest BCUT2D eigenvalue weighted by Crippen LogP contribution is 2.26. The minimum atomic E-state index is -0.301. The van der Waals surface area contributed by atoms with Crippen molar-refractivity contribution in [2.45, 2.75) is 6.92 Å². The van der Waals surface area contributed by atoms with E-state index in [0.717, 1.165) is 16.6 Å². The maximum Gasteiger partial charge on any atom is 0.258 e. The summed E-state index contributed by atoms with van der Waals surface area (Å²) in [6.45, 7) is 2.48. The van der Waals surface area contributed by atoms with E-state index >= 15 is 0 Å². The number of para-hydroxylation sites is 3. The molecule has 0 unspecified atom stereocenters. The molecule has 2 aromatic carbocycles. The van der Waals surface area contributed by atoms with Crippen molar-refractivity contribution < 1.29 is 9.53 Å². The van der Waals surface area contributed by atoms with Gasteiger partial charge in [0.25, 0.3) is 5.91 Å². The maximum atomic E-state index is 12.6. The monoisotopic (exact) mass is 385 g/mol. The van der Waals surface area contributed by atoms with E-state index in [4.69, 9.17) is 4.74 Å². The normalized spacial score (nSPS) is 10.5. The number of aromatic nitrogens is 3. The molecule has 0 atom stereocenters. The number of carbonyl (C=O) groups excluding carboxylic acids is 1. The first kappa shape index (κ1) is 18.4. The van der Waals surface area contributed by atoms with E-state index in [9.17, 15) is 4.79 Å². The highest BCUT2D eigenvalue weighted by Gasteiger charge is 2.11. The van der Waals surface area contributed by atoms with Crippen molar-refractivity contribution in [2.75, 3.05) is 17.2 Å². The van der Waals surface area contributed by atoms with Crippen molar-refractivity contribution >= 4 is 34.1 Å². The summed E-state index contributed by atoms with van der Waals surface area (Å²) in [5.41, 5.74) is 2.48. The van der Waals surface area contributed by atoms with Crippen molar-refractivity contribution in [1.29, 1.82) is 0 Å². The third kappa shape index (κ3) is 4.14. The second kappa shape index (κ2) is 8.35. The van der Waals surface area contributed by atoms with Crippen LogP contribution in [-0.2, 0) is 0 Å². The van der Waals surface area contributed by atoms with Gasteiger partial charge in [0, 0.05) is 24.0 Å². The minimum absolute atomic E-state index is 0.301. The Morgan fingerprint density at radius 1 is 0.931 bits per heavy atom. The van der Waals surface area contributed by atoms with E-state index in [1.54, 1.807) is 6.20 Å². The summed E-state index contributed by atoms with van der Waals surface area (Å²) in [5, 5.41) is 6.94. The predicted octanol–water partition coefficient (Wildman–Crippen LogP) is 4.42. The van der Waals surface area contributed by atoms with E-state index in [2.05, 4.69) is 25.6 Å². The number of amides is 1. The van der Waals surface area contributed by atoms with Crippen LogP contribution < -0.4 is 15.4 Å². The second-order valence-corrected chi connectivity index (χ2v) is 6.18. The predicted molar refractivity (Wildman–Crippen MR) is 113 cm³/mol. The summed E-state index contributed by atoms with van der Waals surface area (Å²) < 4.78 is 5.58. The summed E-state index contributed by atoms with van der Waals surface area (Å²) >= 11 is 0. The average Bonchev–Trinajstić information content (AvgIpc) is 2.76. The third-order valence-corrected chi connectivity index (χ3v) is 4.23. The maximum absolute atomic E-state index is 12.6. The minimum Gasteiger partial charge on any atom is -0.492 e. The van der Waals surface area contributed by atoms with Gasteiger partial charge in [-0.3, -0.25) is 9.78 Å². The zero-order valence-corrected chi connectivity index (χ0v) is 15.8. The van der Waals surface area contributed by atoms with Gasteiger partial charge < -0.3 is 15.4 Å². The molecule has 4 aromatic rings. The summed E-state index contributed by atoms with van der Waals surface area (Å²) in [7, 11) is 0. The van der Waals surface area contributed by atoms with Crippen LogP contribution in [-0.4, -0.2) is 27.5 Å². The summed E-state index contributed by atoms with van der Waals surface area (Å²) in [5.74, 6) is 0.786. The molecular formula is C22H19N5O2. The van der Waals surface area contributed by atoms with Crippen LogP contribution in [0.15, 0.2) is 73.2 Å². The number of rotatable bonds is 6. The Morgan fingerprint density at radius 3 is 2.52 bits per heavy atom. The molecule has 7 heteroatoms. The number of hydrogen-bond donors (Lipinski definition) is 2. The number of pyridine rings is 1. The van der Waals surface area contributed by atoms with Gasteiger partial charge in [-0.25, -0.2) is 9.97 Å². The lowest BCUT2D eigenvalue weighted by Crippen LogP contribution is -2.13. The second-order valence-electron chi connectivity index (χ2n) is 6.18. The number of fused-ring (bicyclic) bond motifs is 1. The molecular weight excluding hydrogens is 366 g/mol. The van der Waals surface area contributed by atoms with Crippen LogP contribution in [0.5, 0.6) is 5.75 Å². The van der Waals surface area contributed by atoms with Crippen molar-refractivity contribution in [3.8, 4) is 5.75 Å². The summed E-state index contributed by atoms with van der Waals surface area (Å²) in [4.78, 5) is 25.4. The molecule has 0 spiro atoms. The largest absolute Gasteiger partial charge is 0.492 e. The van der Waals surface area contributed by atoms with Crippen LogP contribution in [0.1, 0.15) is 17.3 Å². The SMILES string of the molecule is CCOc1ccccc1Nc1ncc(C(=O)Nc2cccc3cccnc23)cn1. The van der Waals surface area contributed by atoms with Crippen molar-refractivity contribution in [3.63, 3.8) is 0 Å². The number of nitrogens with zero attached hydrogens (tertiary/aromatic N) is 3. The van der Waals surface area contributed by atoms with Crippen LogP contribution in [0, 0.1) is 0 Å². The van der Waals surface area contributed by atoms with Gasteiger partial charge in [0.05, 0.1) is 29.1 Å². The van der Waals surface area contributed by atoms with Crippen molar-refractivity contribution in [3.05, 3.63) is 78.8 Å². The molecule has 7 nitrogen and oxygen atoms in total. The molecule has 144 valence electrons. The Hall–Kier alpha value is -4.00. The van der Waals surface area contributed by atoms with E-state index in [1.165, 1.54) is 12.4 Å². The summed E-state index contributed by atoms with van der Waals surface area (Å²) in [6.07, 6.45) is 4.65. The lowest BCUT2D eigenvalue weighted by Gasteiger charge is -2.11. The lowest BCUT2D eigenvalue weighted by molar-refractivity contribution is 0.102. The molecule has 2 aromatic heterocycles. The highest BCUT2D eigenvalue weighted by atomic mass is 16.5. The van der Waals surface area contributed by atoms with Gasteiger partial charge >= 0.3 is 0 Å². The van der Waals surface area contributed by atoms with E-state index in [1.807, 2.05) is 61.5 Å². The Bertz CT molecular complexity index is 1140. The van der Waals surface area contributed by atoms with Gasteiger partial charge in [-0.1, -0.05) is 30.3 Å². The molecule has 0 saturated heterocycles. The fourth-order valence-electron chi connectivity index (χ4n) is 2.88. The van der Waals surface area contributed by atoms with Gasteiger partial charge in [0.15, 0.2) is 0 Å². The van der Waals surface area contributed by atoms with Crippen LogP contribution >= 0.6 is 0 Å². The molecule has 4 rings (SSSR count). The molecule has 29 heavy (non-hydrogen) atoms.